The molecule has 2 N–H and O–H groups in total. The Balaban J connectivity index is 0.00000256. The third kappa shape index (κ3) is 5.12. The third-order valence-electron chi connectivity index (χ3n) is 2.94. The summed E-state index contributed by atoms with van der Waals surface area (Å²) >= 11 is 0. The van der Waals surface area contributed by atoms with Gasteiger partial charge in [0.2, 0.25) is 5.91 Å². The molecule has 0 aromatic carbocycles. The Morgan fingerprint density at radius 1 is 1.47 bits per heavy atom. The number of likely N-dealkylation sites (tertiary alicyclic amines) is 1. The predicted octanol–water partition coefficient (Wildman–Crippen LogP) is 1.95. The van der Waals surface area contributed by atoms with Crippen molar-refractivity contribution < 1.29 is 18.0 Å². The van der Waals surface area contributed by atoms with Gasteiger partial charge in [-0.05, 0) is 25.8 Å². The second-order valence-electron chi connectivity index (χ2n) is 4.35. The van der Waals surface area contributed by atoms with Crippen LogP contribution in [0.25, 0.3) is 0 Å². The highest BCUT2D eigenvalue weighted by Gasteiger charge is 2.34. The fraction of sp³-hybridized carbons (Fsp3) is 0.900. The van der Waals surface area contributed by atoms with Crippen molar-refractivity contribution in [1.82, 2.24) is 4.90 Å². The van der Waals surface area contributed by atoms with E-state index in [4.69, 9.17) is 5.73 Å². The fourth-order valence-electron chi connectivity index (χ4n) is 2.05. The molecule has 1 aliphatic rings. The van der Waals surface area contributed by atoms with Crippen molar-refractivity contribution in [3.63, 3.8) is 0 Å². The van der Waals surface area contributed by atoms with Crippen LogP contribution < -0.4 is 5.73 Å². The molecule has 1 rings (SSSR count). The first-order chi connectivity index (χ1) is 7.33. The second-order valence-corrected chi connectivity index (χ2v) is 4.35. The molecule has 1 heterocycles. The van der Waals surface area contributed by atoms with Gasteiger partial charge in [0.15, 0.2) is 0 Å². The highest BCUT2D eigenvalue weighted by atomic mass is 35.5. The molecule has 2 unspecified atom stereocenters. The first-order valence-corrected chi connectivity index (χ1v) is 5.39. The third-order valence-corrected chi connectivity index (χ3v) is 2.94. The number of rotatable bonds is 3. The number of nitrogens with two attached hydrogens (primary N) is 1. The van der Waals surface area contributed by atoms with Crippen molar-refractivity contribution in [3.05, 3.63) is 0 Å². The Bertz CT molecular complexity index is 260. The Morgan fingerprint density at radius 2 is 2.06 bits per heavy atom. The van der Waals surface area contributed by atoms with Gasteiger partial charge in [-0.1, -0.05) is 0 Å². The SMILES string of the molecule is CC1CC(CN)CN1C(=O)CCC(F)(F)F.Cl. The first kappa shape index (κ1) is 16.5. The highest BCUT2D eigenvalue weighted by molar-refractivity contribution is 5.85. The van der Waals surface area contributed by atoms with Crippen molar-refractivity contribution in [2.24, 2.45) is 11.7 Å². The minimum Gasteiger partial charge on any atom is -0.340 e. The van der Waals surface area contributed by atoms with Gasteiger partial charge in [-0.2, -0.15) is 13.2 Å². The van der Waals surface area contributed by atoms with Crippen molar-refractivity contribution in [2.75, 3.05) is 13.1 Å². The van der Waals surface area contributed by atoms with Crippen LogP contribution in [0.1, 0.15) is 26.2 Å². The standard InChI is InChI=1S/C10H17F3N2O.ClH/c1-7-4-8(5-14)6-15(7)9(16)2-3-10(11,12)13;/h7-8H,2-6,14H2,1H3;1H. The van der Waals surface area contributed by atoms with Crippen LogP contribution in [-0.4, -0.2) is 36.1 Å². The fourth-order valence-corrected chi connectivity index (χ4v) is 2.05. The molecular formula is C10H18ClF3N2O. The molecule has 0 saturated carbocycles. The van der Waals surface area contributed by atoms with Crippen LogP contribution in [0.2, 0.25) is 0 Å². The Morgan fingerprint density at radius 3 is 2.47 bits per heavy atom. The van der Waals surface area contributed by atoms with Crippen LogP contribution in [0.15, 0.2) is 0 Å². The van der Waals surface area contributed by atoms with Crippen LogP contribution in [0.3, 0.4) is 0 Å². The van der Waals surface area contributed by atoms with Gasteiger partial charge in [-0.15, -0.1) is 12.4 Å². The van der Waals surface area contributed by atoms with Crippen LogP contribution in [0, 0.1) is 5.92 Å². The lowest BCUT2D eigenvalue weighted by atomic mass is 10.1. The molecule has 17 heavy (non-hydrogen) atoms. The van der Waals surface area contributed by atoms with Gasteiger partial charge in [-0.3, -0.25) is 4.79 Å². The number of hydrogen-bond acceptors (Lipinski definition) is 2. The van der Waals surface area contributed by atoms with Crippen LogP contribution in [-0.2, 0) is 4.79 Å². The summed E-state index contributed by atoms with van der Waals surface area (Å²) in [6.07, 6.45) is -4.96. The summed E-state index contributed by atoms with van der Waals surface area (Å²) in [5.74, 6) is -0.189. The van der Waals surface area contributed by atoms with Gasteiger partial charge in [0.25, 0.3) is 0 Å². The zero-order chi connectivity index (χ0) is 12.3. The quantitative estimate of drug-likeness (QED) is 0.855. The molecule has 0 radical (unpaired) electrons. The maximum absolute atomic E-state index is 12.0. The maximum Gasteiger partial charge on any atom is 0.389 e. The lowest BCUT2D eigenvalue weighted by Crippen LogP contribution is -2.35. The number of carbonyl (C=O) groups excluding carboxylic acids is 1. The zero-order valence-electron chi connectivity index (χ0n) is 9.67. The molecule has 0 aliphatic carbocycles. The largest absolute Gasteiger partial charge is 0.389 e. The van der Waals surface area contributed by atoms with Crippen LogP contribution in [0.5, 0.6) is 0 Å². The molecule has 7 heteroatoms. The summed E-state index contributed by atoms with van der Waals surface area (Å²) < 4.78 is 35.9. The number of carbonyl (C=O) groups is 1. The molecule has 0 aromatic heterocycles. The normalized spacial score (nSPS) is 24.6. The molecule has 1 aliphatic heterocycles. The predicted molar refractivity (Wildman–Crippen MR) is 60.9 cm³/mol. The van der Waals surface area contributed by atoms with Crippen molar-refractivity contribution in [3.8, 4) is 0 Å². The first-order valence-electron chi connectivity index (χ1n) is 5.39. The van der Waals surface area contributed by atoms with E-state index in [9.17, 15) is 18.0 Å². The average Bonchev–Trinajstić information content (AvgIpc) is 2.55. The van der Waals surface area contributed by atoms with E-state index in [0.717, 1.165) is 6.42 Å². The van der Waals surface area contributed by atoms with Crippen LogP contribution in [0.4, 0.5) is 13.2 Å². The summed E-state index contributed by atoms with van der Waals surface area (Å²) in [7, 11) is 0. The van der Waals surface area contributed by atoms with Gasteiger partial charge < -0.3 is 10.6 Å². The molecule has 0 aromatic rings. The molecule has 0 bridgehead atoms. The van der Waals surface area contributed by atoms with Crippen molar-refractivity contribution in [2.45, 2.75) is 38.4 Å². The Labute approximate surface area is 105 Å². The van der Waals surface area contributed by atoms with E-state index in [1.807, 2.05) is 6.92 Å². The van der Waals surface area contributed by atoms with E-state index < -0.39 is 24.9 Å². The van der Waals surface area contributed by atoms with Gasteiger partial charge in [-0.25, -0.2) is 0 Å². The van der Waals surface area contributed by atoms with Crippen LogP contribution >= 0.6 is 12.4 Å². The monoisotopic (exact) mass is 274 g/mol. The number of amides is 1. The molecule has 0 spiro atoms. The van der Waals surface area contributed by atoms with Gasteiger partial charge >= 0.3 is 6.18 Å². The number of halogens is 4. The summed E-state index contributed by atoms with van der Waals surface area (Å²) in [6, 6.07) is 0.00860. The molecule has 1 amide bonds. The van der Waals surface area contributed by atoms with Crippen molar-refractivity contribution >= 4 is 18.3 Å². The summed E-state index contributed by atoms with van der Waals surface area (Å²) in [6.45, 7) is 2.82. The molecule has 102 valence electrons. The summed E-state index contributed by atoms with van der Waals surface area (Å²) in [4.78, 5) is 13.1. The van der Waals surface area contributed by atoms with Gasteiger partial charge in [0.05, 0.1) is 6.42 Å². The number of nitrogens with zero attached hydrogens (tertiary/aromatic N) is 1. The molecule has 1 saturated heterocycles. The minimum atomic E-state index is -4.26. The topological polar surface area (TPSA) is 46.3 Å². The average molecular weight is 275 g/mol. The van der Waals surface area contributed by atoms with E-state index in [0.29, 0.717) is 13.1 Å². The molecule has 3 nitrogen and oxygen atoms in total. The molecule has 2 atom stereocenters. The van der Waals surface area contributed by atoms with Crippen molar-refractivity contribution in [1.29, 1.82) is 0 Å². The molecule has 1 fully saturated rings. The second kappa shape index (κ2) is 6.44. The van der Waals surface area contributed by atoms with Gasteiger partial charge in [0, 0.05) is 19.0 Å². The Hall–Kier alpha value is -0.490. The van der Waals surface area contributed by atoms with Gasteiger partial charge in [0.1, 0.15) is 0 Å². The van der Waals surface area contributed by atoms with E-state index in [1.54, 1.807) is 0 Å². The Kier molecular flexibility index (Phi) is 6.26. The van der Waals surface area contributed by atoms with E-state index >= 15 is 0 Å². The lowest BCUT2D eigenvalue weighted by Gasteiger charge is -2.21. The number of alkyl halides is 3. The lowest BCUT2D eigenvalue weighted by molar-refractivity contribution is -0.149. The van der Waals surface area contributed by atoms with E-state index in [1.165, 1.54) is 4.90 Å². The van der Waals surface area contributed by atoms with E-state index in [-0.39, 0.29) is 24.4 Å². The smallest absolute Gasteiger partial charge is 0.340 e. The summed E-state index contributed by atoms with van der Waals surface area (Å²) in [5, 5.41) is 0. The highest BCUT2D eigenvalue weighted by Crippen LogP contribution is 2.26. The summed E-state index contributed by atoms with van der Waals surface area (Å²) in [5.41, 5.74) is 5.48. The zero-order valence-corrected chi connectivity index (χ0v) is 10.5. The minimum absolute atomic E-state index is 0. The maximum atomic E-state index is 12.0. The molecular weight excluding hydrogens is 257 g/mol. The number of hydrogen-bond donors (Lipinski definition) is 1. The van der Waals surface area contributed by atoms with E-state index in [2.05, 4.69) is 0 Å².